The highest BCUT2D eigenvalue weighted by Gasteiger charge is 2.36. The fourth-order valence-electron chi connectivity index (χ4n) is 3.26. The molecule has 1 atom stereocenters. The van der Waals surface area contributed by atoms with E-state index in [0.717, 1.165) is 25.1 Å². The molecule has 1 aliphatic heterocycles. The van der Waals surface area contributed by atoms with Gasteiger partial charge in [-0.05, 0) is 50.8 Å². The van der Waals surface area contributed by atoms with Crippen molar-refractivity contribution in [1.29, 1.82) is 5.26 Å². The molecule has 26 heavy (non-hydrogen) atoms. The van der Waals surface area contributed by atoms with Crippen LogP contribution in [0.3, 0.4) is 0 Å². The lowest BCUT2D eigenvalue weighted by atomic mass is 10.1. The van der Waals surface area contributed by atoms with E-state index in [1.807, 2.05) is 12.1 Å². The maximum Gasteiger partial charge on any atom is 0.254 e. The number of hydrogen-bond donors (Lipinski definition) is 1. The zero-order valence-corrected chi connectivity index (χ0v) is 16.8. The lowest BCUT2D eigenvalue weighted by Gasteiger charge is -2.33. The molecule has 1 aliphatic rings. The minimum atomic E-state index is -1.35. The number of hydrogen-bond acceptors (Lipinski definition) is 4. The van der Waals surface area contributed by atoms with Crippen molar-refractivity contribution >= 4 is 23.2 Å². The fourth-order valence-corrected chi connectivity index (χ4v) is 3.48. The summed E-state index contributed by atoms with van der Waals surface area (Å²) >= 11 is 6.24. The Balaban J connectivity index is 2.22. The number of carbonyl (C=O) groups is 1. The van der Waals surface area contributed by atoms with Gasteiger partial charge in [0, 0.05) is 31.4 Å². The number of nitriles is 1. The maximum absolute atomic E-state index is 12.4. The van der Waals surface area contributed by atoms with Crippen LogP contribution in [0.1, 0.15) is 46.1 Å². The van der Waals surface area contributed by atoms with Crippen molar-refractivity contribution in [3.05, 3.63) is 28.8 Å². The minimum Gasteiger partial charge on any atom is -0.381 e. The molecular weight excluding hydrogens is 350 g/mol. The Labute approximate surface area is 161 Å². The van der Waals surface area contributed by atoms with Crippen molar-refractivity contribution in [3.63, 3.8) is 0 Å². The number of anilines is 1. The molecule has 1 aromatic carbocycles. The summed E-state index contributed by atoms with van der Waals surface area (Å²) in [5.74, 6) is 0.323. The topological polar surface area (TPSA) is 67.6 Å². The first-order chi connectivity index (χ1) is 12.1. The average molecular weight is 378 g/mol. The number of amides is 1. The third kappa shape index (κ3) is 4.90. The van der Waals surface area contributed by atoms with E-state index in [1.165, 1.54) is 13.8 Å². The van der Waals surface area contributed by atoms with Crippen molar-refractivity contribution < 1.29 is 9.90 Å². The van der Waals surface area contributed by atoms with Crippen molar-refractivity contribution in [3.8, 4) is 6.07 Å². The summed E-state index contributed by atoms with van der Waals surface area (Å²) < 4.78 is 0. The van der Waals surface area contributed by atoms with Gasteiger partial charge in [-0.25, -0.2) is 0 Å². The SMILES string of the molecule is CC(C)CCN(c1ccc(C#N)c(Cl)c1)C1CCN(C(=O)C(C)(C)O)C1. The third-order valence-electron chi connectivity index (χ3n) is 4.77. The number of likely N-dealkylation sites (tertiary alicyclic amines) is 1. The largest absolute Gasteiger partial charge is 0.381 e. The second-order valence-corrected chi connectivity index (χ2v) is 8.31. The van der Waals surface area contributed by atoms with E-state index >= 15 is 0 Å². The zero-order valence-electron chi connectivity index (χ0n) is 16.0. The molecule has 1 N–H and O–H groups in total. The number of aliphatic hydroxyl groups is 1. The number of rotatable bonds is 6. The van der Waals surface area contributed by atoms with Crippen LogP contribution in [0.2, 0.25) is 5.02 Å². The van der Waals surface area contributed by atoms with Crippen LogP contribution in [-0.4, -0.2) is 47.2 Å². The van der Waals surface area contributed by atoms with Gasteiger partial charge in [0.25, 0.3) is 5.91 Å². The number of nitrogens with zero attached hydrogens (tertiary/aromatic N) is 3. The molecule has 2 rings (SSSR count). The second kappa shape index (κ2) is 8.28. The third-order valence-corrected chi connectivity index (χ3v) is 5.08. The van der Waals surface area contributed by atoms with E-state index in [0.29, 0.717) is 29.6 Å². The Bertz CT molecular complexity index is 691. The van der Waals surface area contributed by atoms with E-state index < -0.39 is 5.60 Å². The predicted molar refractivity (Wildman–Crippen MR) is 104 cm³/mol. The van der Waals surface area contributed by atoms with Gasteiger partial charge in [-0.2, -0.15) is 5.26 Å². The van der Waals surface area contributed by atoms with Gasteiger partial charge in [-0.3, -0.25) is 4.79 Å². The van der Waals surface area contributed by atoms with Crippen LogP contribution in [0.5, 0.6) is 0 Å². The lowest BCUT2D eigenvalue weighted by Crippen LogP contribution is -2.46. The first-order valence-corrected chi connectivity index (χ1v) is 9.49. The molecule has 0 aromatic heterocycles. The van der Waals surface area contributed by atoms with Crippen molar-refractivity contribution in [2.45, 2.75) is 52.2 Å². The van der Waals surface area contributed by atoms with Crippen molar-refractivity contribution in [2.75, 3.05) is 24.5 Å². The monoisotopic (exact) mass is 377 g/mol. The van der Waals surface area contributed by atoms with Gasteiger partial charge < -0.3 is 14.9 Å². The summed E-state index contributed by atoms with van der Waals surface area (Å²) in [4.78, 5) is 16.4. The van der Waals surface area contributed by atoms with Crippen LogP contribution < -0.4 is 4.90 Å². The smallest absolute Gasteiger partial charge is 0.254 e. The fraction of sp³-hybridized carbons (Fsp3) is 0.600. The van der Waals surface area contributed by atoms with Crippen LogP contribution in [0.15, 0.2) is 18.2 Å². The highest BCUT2D eigenvalue weighted by atomic mass is 35.5. The van der Waals surface area contributed by atoms with Crippen LogP contribution in [-0.2, 0) is 4.79 Å². The first-order valence-electron chi connectivity index (χ1n) is 9.11. The summed E-state index contributed by atoms with van der Waals surface area (Å²) in [5, 5.41) is 19.5. The van der Waals surface area contributed by atoms with Gasteiger partial charge in [0.2, 0.25) is 0 Å². The predicted octanol–water partition coefficient (Wildman–Crippen LogP) is 3.44. The Morgan fingerprint density at radius 3 is 2.73 bits per heavy atom. The molecule has 1 heterocycles. The van der Waals surface area contributed by atoms with E-state index in [9.17, 15) is 9.90 Å². The summed E-state index contributed by atoms with van der Waals surface area (Å²) in [6.45, 7) is 9.49. The zero-order chi connectivity index (χ0) is 19.5. The first kappa shape index (κ1) is 20.5. The Kier molecular flexibility index (Phi) is 6.54. The molecule has 1 amide bonds. The minimum absolute atomic E-state index is 0.170. The van der Waals surface area contributed by atoms with E-state index in [1.54, 1.807) is 11.0 Å². The van der Waals surface area contributed by atoms with Gasteiger partial charge in [0.05, 0.1) is 10.6 Å². The molecular formula is C20H28ClN3O2. The molecule has 0 radical (unpaired) electrons. The quantitative estimate of drug-likeness (QED) is 0.824. The number of benzene rings is 1. The maximum atomic E-state index is 12.4. The molecule has 1 saturated heterocycles. The molecule has 0 spiro atoms. The summed E-state index contributed by atoms with van der Waals surface area (Å²) in [6.07, 6.45) is 1.87. The van der Waals surface area contributed by atoms with Gasteiger partial charge in [-0.1, -0.05) is 25.4 Å². The highest BCUT2D eigenvalue weighted by molar-refractivity contribution is 6.32. The molecule has 1 aromatic rings. The lowest BCUT2D eigenvalue weighted by molar-refractivity contribution is -0.146. The average Bonchev–Trinajstić information content (AvgIpc) is 3.03. The van der Waals surface area contributed by atoms with Gasteiger partial charge >= 0.3 is 0 Å². The van der Waals surface area contributed by atoms with E-state index in [4.69, 9.17) is 16.9 Å². The van der Waals surface area contributed by atoms with Gasteiger partial charge in [0.15, 0.2) is 0 Å². The van der Waals surface area contributed by atoms with Gasteiger partial charge in [-0.15, -0.1) is 0 Å². The van der Waals surface area contributed by atoms with Crippen LogP contribution >= 0.6 is 11.6 Å². The van der Waals surface area contributed by atoms with Crippen LogP contribution in [0, 0.1) is 17.2 Å². The normalized spacial score (nSPS) is 17.5. The van der Waals surface area contributed by atoms with E-state index in [-0.39, 0.29) is 11.9 Å². The Hall–Kier alpha value is -1.77. The molecule has 142 valence electrons. The molecule has 0 saturated carbocycles. The summed E-state index contributed by atoms with van der Waals surface area (Å²) in [6, 6.07) is 7.76. The molecule has 1 unspecified atom stereocenters. The molecule has 0 aliphatic carbocycles. The summed E-state index contributed by atoms with van der Waals surface area (Å²) in [5.41, 5.74) is 0.0803. The molecule has 5 nitrogen and oxygen atoms in total. The van der Waals surface area contributed by atoms with E-state index in [2.05, 4.69) is 24.8 Å². The van der Waals surface area contributed by atoms with Gasteiger partial charge in [0.1, 0.15) is 11.7 Å². The Morgan fingerprint density at radius 1 is 1.50 bits per heavy atom. The van der Waals surface area contributed by atoms with Crippen LogP contribution in [0.25, 0.3) is 0 Å². The second-order valence-electron chi connectivity index (χ2n) is 7.90. The highest BCUT2D eigenvalue weighted by Crippen LogP contribution is 2.29. The molecule has 6 heteroatoms. The number of halogens is 1. The standard InChI is InChI=1S/C20H28ClN3O2/c1-14(2)7-10-24(16-6-5-15(12-22)18(21)11-16)17-8-9-23(13-17)19(25)20(3,4)26/h5-6,11,14,17,26H,7-10,13H2,1-4H3. The Morgan fingerprint density at radius 2 is 2.19 bits per heavy atom. The molecule has 1 fully saturated rings. The van der Waals surface area contributed by atoms with Crippen LogP contribution in [0.4, 0.5) is 5.69 Å². The number of carbonyl (C=O) groups excluding carboxylic acids is 1. The molecule has 0 bridgehead atoms. The van der Waals surface area contributed by atoms with Crippen molar-refractivity contribution in [1.82, 2.24) is 4.90 Å². The summed E-state index contributed by atoms with van der Waals surface area (Å²) in [7, 11) is 0. The van der Waals surface area contributed by atoms with Crippen molar-refractivity contribution in [2.24, 2.45) is 5.92 Å².